The van der Waals surface area contributed by atoms with E-state index in [0.717, 1.165) is 5.56 Å². The van der Waals surface area contributed by atoms with Crippen LogP contribution in [0.1, 0.15) is 5.56 Å². The second-order valence-corrected chi connectivity index (χ2v) is 2.17. The predicted octanol–water partition coefficient (Wildman–Crippen LogP) is 1.00. The van der Waals surface area contributed by atoms with Gasteiger partial charge in [-0.1, -0.05) is 18.2 Å². The molecule has 0 aliphatic heterocycles. The van der Waals surface area contributed by atoms with Crippen molar-refractivity contribution in [3.8, 4) is 12.0 Å². The van der Waals surface area contributed by atoms with Crippen LogP contribution in [0, 0.1) is 12.0 Å². The van der Waals surface area contributed by atoms with Crippen LogP contribution in [-0.4, -0.2) is 18.3 Å². The summed E-state index contributed by atoms with van der Waals surface area (Å²) in [5.41, 5.74) is 0.912. The van der Waals surface area contributed by atoms with Gasteiger partial charge < -0.3 is 9.84 Å². The average Bonchev–Trinajstić information content (AvgIpc) is 2.14. The lowest BCUT2D eigenvalue weighted by atomic mass is 10.2. The van der Waals surface area contributed by atoms with Crippen molar-refractivity contribution in [3.05, 3.63) is 35.9 Å². The molecule has 1 aromatic rings. The highest BCUT2D eigenvalue weighted by atomic mass is 16.5. The van der Waals surface area contributed by atoms with E-state index in [4.69, 9.17) is 9.84 Å². The Morgan fingerprint density at radius 3 is 2.67 bits per heavy atom. The molecule has 0 bridgehead atoms. The van der Waals surface area contributed by atoms with E-state index in [9.17, 15) is 0 Å². The third-order valence-corrected chi connectivity index (χ3v) is 1.23. The molecule has 0 aliphatic rings. The Kier molecular flexibility index (Phi) is 3.76. The fourth-order valence-electron chi connectivity index (χ4n) is 0.713. The molecular weight excluding hydrogens is 152 g/mol. The first-order chi connectivity index (χ1) is 5.93. The zero-order chi connectivity index (χ0) is 8.65. The highest BCUT2D eigenvalue weighted by molar-refractivity contribution is 5.32. The summed E-state index contributed by atoms with van der Waals surface area (Å²) >= 11 is 0. The molecule has 0 saturated carbocycles. The molecule has 0 aliphatic carbocycles. The first kappa shape index (κ1) is 8.63. The van der Waals surface area contributed by atoms with Crippen molar-refractivity contribution < 1.29 is 9.84 Å². The Morgan fingerprint density at radius 2 is 2.00 bits per heavy atom. The minimum atomic E-state index is 0.00344. The van der Waals surface area contributed by atoms with Gasteiger partial charge in [-0.2, -0.15) is 0 Å². The third kappa shape index (κ3) is 3.09. The molecule has 0 fully saturated rings. The van der Waals surface area contributed by atoms with E-state index in [-0.39, 0.29) is 13.2 Å². The van der Waals surface area contributed by atoms with Gasteiger partial charge in [0.25, 0.3) is 0 Å². The molecule has 12 heavy (non-hydrogen) atoms. The summed E-state index contributed by atoms with van der Waals surface area (Å²) in [6.07, 6.45) is 2.49. The van der Waals surface area contributed by atoms with Crippen LogP contribution in [-0.2, 0) is 4.74 Å². The zero-order valence-electron chi connectivity index (χ0n) is 6.66. The summed E-state index contributed by atoms with van der Waals surface area (Å²) in [6, 6.07) is 9.55. The summed E-state index contributed by atoms with van der Waals surface area (Å²) < 4.78 is 4.78. The topological polar surface area (TPSA) is 29.5 Å². The lowest BCUT2D eigenvalue weighted by molar-refractivity contribution is 0.180. The quantitative estimate of drug-likeness (QED) is 0.519. The normalized spacial score (nSPS) is 8.42. The molecule has 0 unspecified atom stereocenters. The summed E-state index contributed by atoms with van der Waals surface area (Å²) in [6.45, 7) is 0.267. The monoisotopic (exact) mass is 162 g/mol. The molecular formula is C10H10O2. The molecule has 0 atom stereocenters. The number of hydrogen-bond donors (Lipinski definition) is 1. The fraction of sp³-hybridized carbons (Fsp3) is 0.200. The lowest BCUT2D eigenvalue weighted by Crippen LogP contribution is -1.92. The van der Waals surface area contributed by atoms with Gasteiger partial charge in [0.1, 0.15) is 12.7 Å². The van der Waals surface area contributed by atoms with Crippen molar-refractivity contribution >= 4 is 0 Å². The number of hydrogen-bond acceptors (Lipinski definition) is 2. The predicted molar refractivity (Wildman–Crippen MR) is 46.4 cm³/mol. The van der Waals surface area contributed by atoms with E-state index in [0.29, 0.717) is 0 Å². The number of rotatable bonds is 2. The van der Waals surface area contributed by atoms with Crippen LogP contribution in [0.15, 0.2) is 30.3 Å². The lowest BCUT2D eigenvalue weighted by Gasteiger charge is -1.89. The Labute approximate surface area is 71.8 Å². The SMILES string of the molecule is OCCOC#Cc1ccccc1. The molecule has 0 amide bonds. The Morgan fingerprint density at radius 1 is 1.25 bits per heavy atom. The van der Waals surface area contributed by atoms with Gasteiger partial charge in [-0.3, -0.25) is 0 Å². The van der Waals surface area contributed by atoms with Crippen LogP contribution in [0.5, 0.6) is 0 Å². The van der Waals surface area contributed by atoms with Crippen LogP contribution >= 0.6 is 0 Å². The Balaban J connectivity index is 2.44. The van der Waals surface area contributed by atoms with E-state index in [2.05, 4.69) is 12.0 Å². The van der Waals surface area contributed by atoms with Crippen molar-refractivity contribution in [2.75, 3.05) is 13.2 Å². The summed E-state index contributed by atoms with van der Waals surface area (Å²) in [5.74, 6) is 2.80. The van der Waals surface area contributed by atoms with Gasteiger partial charge >= 0.3 is 0 Å². The molecule has 62 valence electrons. The van der Waals surface area contributed by atoms with Gasteiger partial charge in [0.05, 0.1) is 6.61 Å². The van der Waals surface area contributed by atoms with Gasteiger partial charge in [0, 0.05) is 5.56 Å². The van der Waals surface area contributed by atoms with Gasteiger partial charge in [-0.05, 0) is 18.1 Å². The summed E-state index contributed by atoms with van der Waals surface area (Å²) in [7, 11) is 0. The molecule has 2 nitrogen and oxygen atoms in total. The highest BCUT2D eigenvalue weighted by Gasteiger charge is 1.81. The highest BCUT2D eigenvalue weighted by Crippen LogP contribution is 1.94. The molecule has 1 rings (SSSR count). The fourth-order valence-corrected chi connectivity index (χ4v) is 0.713. The minimum Gasteiger partial charge on any atom is -0.444 e. The van der Waals surface area contributed by atoms with E-state index in [1.54, 1.807) is 0 Å². The van der Waals surface area contributed by atoms with Crippen molar-refractivity contribution in [2.24, 2.45) is 0 Å². The first-order valence-corrected chi connectivity index (χ1v) is 3.72. The average molecular weight is 162 g/mol. The van der Waals surface area contributed by atoms with Crippen molar-refractivity contribution in [3.63, 3.8) is 0 Å². The molecule has 0 saturated heterocycles. The zero-order valence-corrected chi connectivity index (χ0v) is 6.66. The molecule has 0 radical (unpaired) electrons. The second-order valence-electron chi connectivity index (χ2n) is 2.17. The summed E-state index contributed by atoms with van der Waals surface area (Å²) in [5, 5.41) is 8.37. The number of ether oxygens (including phenoxy) is 1. The van der Waals surface area contributed by atoms with E-state index < -0.39 is 0 Å². The van der Waals surface area contributed by atoms with Crippen LogP contribution in [0.4, 0.5) is 0 Å². The van der Waals surface area contributed by atoms with Crippen molar-refractivity contribution in [1.82, 2.24) is 0 Å². The van der Waals surface area contributed by atoms with Crippen LogP contribution < -0.4 is 0 Å². The number of aliphatic hydroxyl groups excluding tert-OH is 1. The third-order valence-electron chi connectivity index (χ3n) is 1.23. The molecule has 0 spiro atoms. The Hall–Kier alpha value is -1.46. The number of benzene rings is 1. The standard InChI is InChI=1S/C10H10O2/c11-7-9-12-8-6-10-4-2-1-3-5-10/h1-5,11H,7,9H2. The van der Waals surface area contributed by atoms with Gasteiger partial charge in [-0.25, -0.2) is 0 Å². The van der Waals surface area contributed by atoms with Crippen LogP contribution in [0.2, 0.25) is 0 Å². The molecule has 1 aromatic carbocycles. The number of aliphatic hydroxyl groups is 1. The molecule has 2 heteroatoms. The van der Waals surface area contributed by atoms with Crippen LogP contribution in [0.3, 0.4) is 0 Å². The first-order valence-electron chi connectivity index (χ1n) is 3.72. The summed E-state index contributed by atoms with van der Waals surface area (Å²) in [4.78, 5) is 0. The molecule has 1 N–H and O–H groups in total. The molecule has 0 heterocycles. The van der Waals surface area contributed by atoms with E-state index in [1.807, 2.05) is 30.3 Å². The Bertz CT molecular complexity index is 269. The van der Waals surface area contributed by atoms with Crippen LogP contribution in [0.25, 0.3) is 0 Å². The van der Waals surface area contributed by atoms with E-state index in [1.165, 1.54) is 0 Å². The van der Waals surface area contributed by atoms with Crippen molar-refractivity contribution in [1.29, 1.82) is 0 Å². The second kappa shape index (κ2) is 5.22. The maximum Gasteiger partial charge on any atom is 0.123 e. The smallest absolute Gasteiger partial charge is 0.123 e. The molecule has 0 aromatic heterocycles. The minimum absolute atomic E-state index is 0.00344. The maximum absolute atomic E-state index is 8.37. The van der Waals surface area contributed by atoms with E-state index >= 15 is 0 Å². The van der Waals surface area contributed by atoms with Gasteiger partial charge in [0.2, 0.25) is 0 Å². The largest absolute Gasteiger partial charge is 0.444 e. The van der Waals surface area contributed by atoms with Crippen molar-refractivity contribution in [2.45, 2.75) is 0 Å². The van der Waals surface area contributed by atoms with Gasteiger partial charge in [0.15, 0.2) is 0 Å². The van der Waals surface area contributed by atoms with Gasteiger partial charge in [-0.15, -0.1) is 0 Å². The maximum atomic E-state index is 8.37.